The SMILES string of the molecule is C=C[C@H]1C=C(C(=O)OC)C[C@@H]2N[C@H]12. The van der Waals surface area contributed by atoms with Gasteiger partial charge in [0.05, 0.1) is 7.11 Å². The molecule has 1 aliphatic heterocycles. The molecule has 2 rings (SSSR count). The highest BCUT2D eigenvalue weighted by molar-refractivity contribution is 5.89. The number of esters is 1. The fourth-order valence-corrected chi connectivity index (χ4v) is 1.89. The van der Waals surface area contributed by atoms with Crippen molar-refractivity contribution in [2.45, 2.75) is 18.5 Å². The molecule has 70 valence electrons. The van der Waals surface area contributed by atoms with E-state index in [-0.39, 0.29) is 11.9 Å². The van der Waals surface area contributed by atoms with Gasteiger partial charge in [-0.2, -0.15) is 0 Å². The van der Waals surface area contributed by atoms with Crippen LogP contribution in [0, 0.1) is 5.92 Å². The predicted octanol–water partition coefficient (Wildman–Crippen LogP) is 0.632. The lowest BCUT2D eigenvalue weighted by Gasteiger charge is -2.14. The third-order valence-corrected chi connectivity index (χ3v) is 2.70. The summed E-state index contributed by atoms with van der Waals surface area (Å²) >= 11 is 0. The molecule has 1 fully saturated rings. The quantitative estimate of drug-likeness (QED) is 0.384. The van der Waals surface area contributed by atoms with Crippen LogP contribution in [0.15, 0.2) is 24.3 Å². The van der Waals surface area contributed by atoms with E-state index in [4.69, 9.17) is 0 Å². The van der Waals surface area contributed by atoms with Gasteiger partial charge in [-0.3, -0.25) is 0 Å². The molecule has 1 N–H and O–H groups in total. The van der Waals surface area contributed by atoms with Gasteiger partial charge in [-0.25, -0.2) is 4.79 Å². The topological polar surface area (TPSA) is 48.2 Å². The third-order valence-electron chi connectivity index (χ3n) is 2.70. The van der Waals surface area contributed by atoms with Crippen LogP contribution in [0.3, 0.4) is 0 Å². The summed E-state index contributed by atoms with van der Waals surface area (Å²) < 4.78 is 4.68. The molecule has 0 radical (unpaired) electrons. The molecule has 3 atom stereocenters. The fourth-order valence-electron chi connectivity index (χ4n) is 1.89. The Morgan fingerprint density at radius 1 is 1.85 bits per heavy atom. The van der Waals surface area contributed by atoms with Crippen LogP contribution in [0.2, 0.25) is 0 Å². The molecule has 0 aromatic rings. The first-order valence-corrected chi connectivity index (χ1v) is 4.44. The van der Waals surface area contributed by atoms with Crippen molar-refractivity contribution in [2.24, 2.45) is 5.92 Å². The maximum absolute atomic E-state index is 11.2. The van der Waals surface area contributed by atoms with E-state index >= 15 is 0 Å². The Morgan fingerprint density at radius 3 is 3.23 bits per heavy atom. The van der Waals surface area contributed by atoms with Crippen LogP contribution >= 0.6 is 0 Å². The zero-order chi connectivity index (χ0) is 9.42. The molecule has 1 saturated heterocycles. The van der Waals surface area contributed by atoms with E-state index in [9.17, 15) is 4.79 Å². The molecule has 1 aliphatic carbocycles. The molecule has 3 nitrogen and oxygen atoms in total. The Bertz CT molecular complexity index is 283. The maximum Gasteiger partial charge on any atom is 0.333 e. The summed E-state index contributed by atoms with van der Waals surface area (Å²) in [5.74, 6) is 0.0758. The van der Waals surface area contributed by atoms with Gasteiger partial charge < -0.3 is 10.1 Å². The average Bonchev–Trinajstić information content (AvgIpc) is 2.93. The average molecular weight is 179 g/mol. The van der Waals surface area contributed by atoms with E-state index in [1.807, 2.05) is 12.2 Å². The summed E-state index contributed by atoms with van der Waals surface area (Å²) in [5.41, 5.74) is 0.777. The fraction of sp³-hybridized carbons (Fsp3) is 0.500. The molecule has 0 bridgehead atoms. The lowest BCUT2D eigenvalue weighted by Crippen LogP contribution is -2.17. The highest BCUT2D eigenvalue weighted by Gasteiger charge is 2.44. The molecule has 0 unspecified atom stereocenters. The van der Waals surface area contributed by atoms with E-state index < -0.39 is 0 Å². The number of nitrogens with one attached hydrogen (secondary N) is 1. The number of hydrogen-bond donors (Lipinski definition) is 1. The number of fused-ring (bicyclic) bond motifs is 1. The highest BCUT2D eigenvalue weighted by Crippen LogP contribution is 2.33. The first kappa shape index (κ1) is 8.51. The maximum atomic E-state index is 11.2. The minimum atomic E-state index is -0.209. The van der Waals surface area contributed by atoms with E-state index in [0.29, 0.717) is 12.1 Å². The molecule has 2 aliphatic rings. The minimum Gasteiger partial charge on any atom is -0.466 e. The van der Waals surface area contributed by atoms with Gasteiger partial charge in [-0.15, -0.1) is 6.58 Å². The van der Waals surface area contributed by atoms with Crippen LogP contribution in [-0.2, 0) is 9.53 Å². The molecule has 0 amide bonds. The molecular weight excluding hydrogens is 166 g/mol. The van der Waals surface area contributed by atoms with Crippen LogP contribution in [0.4, 0.5) is 0 Å². The molecule has 0 aromatic heterocycles. The number of rotatable bonds is 2. The van der Waals surface area contributed by atoms with Crippen molar-refractivity contribution in [1.29, 1.82) is 0 Å². The molecule has 3 heteroatoms. The van der Waals surface area contributed by atoms with Crippen molar-refractivity contribution >= 4 is 5.97 Å². The first-order chi connectivity index (χ1) is 6.26. The number of methoxy groups -OCH3 is 1. The Hall–Kier alpha value is -1.09. The number of ether oxygens (including phenoxy) is 1. The van der Waals surface area contributed by atoms with Gasteiger partial charge in [-0.1, -0.05) is 12.2 Å². The Morgan fingerprint density at radius 2 is 2.62 bits per heavy atom. The van der Waals surface area contributed by atoms with Crippen molar-refractivity contribution in [2.75, 3.05) is 7.11 Å². The molecule has 0 aromatic carbocycles. The van der Waals surface area contributed by atoms with Gasteiger partial charge in [0.25, 0.3) is 0 Å². The summed E-state index contributed by atoms with van der Waals surface area (Å²) in [7, 11) is 1.42. The second-order valence-corrected chi connectivity index (χ2v) is 3.50. The Labute approximate surface area is 77.5 Å². The van der Waals surface area contributed by atoms with Gasteiger partial charge in [0.15, 0.2) is 0 Å². The molecule has 13 heavy (non-hydrogen) atoms. The van der Waals surface area contributed by atoms with Gasteiger partial charge >= 0.3 is 5.97 Å². The van der Waals surface area contributed by atoms with E-state index in [0.717, 1.165) is 12.0 Å². The summed E-state index contributed by atoms with van der Waals surface area (Å²) in [4.78, 5) is 11.2. The van der Waals surface area contributed by atoms with Crippen LogP contribution in [0.5, 0.6) is 0 Å². The molecule has 1 heterocycles. The van der Waals surface area contributed by atoms with Gasteiger partial charge in [0.2, 0.25) is 0 Å². The first-order valence-electron chi connectivity index (χ1n) is 4.44. The second kappa shape index (κ2) is 3.00. The highest BCUT2D eigenvalue weighted by atomic mass is 16.5. The van der Waals surface area contributed by atoms with E-state index in [2.05, 4.69) is 16.6 Å². The standard InChI is InChI=1S/C10H13NO2/c1-3-6-4-7(10(12)13-2)5-8-9(6)11-8/h3-4,6,8-9,11H,1,5H2,2H3/t6-,8-,9+/m0/s1. The smallest absolute Gasteiger partial charge is 0.333 e. The molecular formula is C10H13NO2. The van der Waals surface area contributed by atoms with Crippen molar-refractivity contribution in [1.82, 2.24) is 5.32 Å². The van der Waals surface area contributed by atoms with Gasteiger partial charge in [0, 0.05) is 23.6 Å². The summed E-state index contributed by atoms with van der Waals surface area (Å²) in [6.07, 6.45) is 4.63. The van der Waals surface area contributed by atoms with Crippen LogP contribution < -0.4 is 5.32 Å². The zero-order valence-electron chi connectivity index (χ0n) is 7.62. The van der Waals surface area contributed by atoms with Crippen molar-refractivity contribution in [3.8, 4) is 0 Å². The van der Waals surface area contributed by atoms with E-state index in [1.165, 1.54) is 7.11 Å². The molecule has 0 spiro atoms. The monoisotopic (exact) mass is 179 g/mol. The number of carbonyl (C=O) groups excluding carboxylic acids is 1. The van der Waals surface area contributed by atoms with Crippen molar-refractivity contribution in [3.63, 3.8) is 0 Å². The zero-order valence-corrected chi connectivity index (χ0v) is 7.62. The summed E-state index contributed by atoms with van der Waals surface area (Å²) in [5, 5.41) is 3.31. The van der Waals surface area contributed by atoms with Gasteiger partial charge in [-0.05, 0) is 6.42 Å². The Balaban J connectivity index is 2.15. The van der Waals surface area contributed by atoms with Gasteiger partial charge in [0.1, 0.15) is 0 Å². The van der Waals surface area contributed by atoms with Crippen LogP contribution in [-0.4, -0.2) is 25.2 Å². The van der Waals surface area contributed by atoms with Crippen LogP contribution in [0.1, 0.15) is 6.42 Å². The second-order valence-electron chi connectivity index (χ2n) is 3.50. The molecule has 0 saturated carbocycles. The predicted molar refractivity (Wildman–Crippen MR) is 49.1 cm³/mol. The van der Waals surface area contributed by atoms with E-state index in [1.54, 1.807) is 0 Å². The largest absolute Gasteiger partial charge is 0.466 e. The number of hydrogen-bond acceptors (Lipinski definition) is 3. The summed E-state index contributed by atoms with van der Waals surface area (Å²) in [6, 6.07) is 0.966. The normalized spacial score (nSPS) is 35.8. The number of carbonyl (C=O) groups is 1. The van der Waals surface area contributed by atoms with Crippen molar-refractivity contribution in [3.05, 3.63) is 24.3 Å². The van der Waals surface area contributed by atoms with Crippen molar-refractivity contribution < 1.29 is 9.53 Å². The summed E-state index contributed by atoms with van der Waals surface area (Å²) in [6.45, 7) is 3.74. The lowest BCUT2D eigenvalue weighted by molar-refractivity contribution is -0.136. The van der Waals surface area contributed by atoms with Crippen LogP contribution in [0.25, 0.3) is 0 Å². The Kier molecular flexibility index (Phi) is 1.96. The third kappa shape index (κ3) is 1.40. The minimum absolute atomic E-state index is 0.209. The lowest BCUT2D eigenvalue weighted by atomic mass is 9.91.